The maximum absolute atomic E-state index is 10.1. The Kier molecular flexibility index (Phi) is 5.55. The number of ether oxygens (including phenoxy) is 1. The molecular weight excluding hydrogens is 264 g/mol. The first-order chi connectivity index (χ1) is 10.2. The van der Waals surface area contributed by atoms with E-state index in [-0.39, 0.29) is 0 Å². The first-order valence-corrected chi connectivity index (χ1v) is 6.92. The van der Waals surface area contributed by atoms with Gasteiger partial charge in [0.15, 0.2) is 0 Å². The highest BCUT2D eigenvalue weighted by atomic mass is 16.5. The Bertz CT molecular complexity index is 561. The lowest BCUT2D eigenvalue weighted by molar-refractivity contribution is 0.0207. The largest absolute Gasteiger partial charge is 0.497 e. The third-order valence-electron chi connectivity index (χ3n) is 3.31. The van der Waals surface area contributed by atoms with Gasteiger partial charge in [-0.2, -0.15) is 0 Å². The zero-order valence-corrected chi connectivity index (χ0v) is 12.0. The number of aliphatic hydroxyl groups excluding tert-OH is 2. The lowest BCUT2D eigenvalue weighted by Gasteiger charge is -2.16. The van der Waals surface area contributed by atoms with Crippen molar-refractivity contribution in [2.24, 2.45) is 0 Å². The van der Waals surface area contributed by atoms with E-state index in [9.17, 15) is 10.2 Å². The van der Waals surface area contributed by atoms with Gasteiger partial charge in [0.05, 0.1) is 13.2 Å². The second-order valence-corrected chi connectivity index (χ2v) is 4.83. The molecule has 3 heteroatoms. The molecule has 0 aliphatic carbocycles. The third kappa shape index (κ3) is 4.45. The quantitative estimate of drug-likeness (QED) is 0.856. The van der Waals surface area contributed by atoms with Gasteiger partial charge in [-0.25, -0.2) is 0 Å². The first-order valence-electron chi connectivity index (χ1n) is 6.92. The summed E-state index contributed by atoms with van der Waals surface area (Å²) in [6.07, 6.45) is 2.48. The Balaban J connectivity index is 1.90. The summed E-state index contributed by atoms with van der Waals surface area (Å²) in [5.74, 6) is 0.812. The number of aliphatic hydroxyl groups is 2. The van der Waals surface area contributed by atoms with Crippen molar-refractivity contribution in [3.63, 3.8) is 0 Å². The van der Waals surface area contributed by atoms with Crippen molar-refractivity contribution in [1.29, 1.82) is 0 Å². The second-order valence-electron chi connectivity index (χ2n) is 4.83. The molecular formula is C18H20O3. The van der Waals surface area contributed by atoms with Gasteiger partial charge in [0.1, 0.15) is 11.9 Å². The van der Waals surface area contributed by atoms with Gasteiger partial charge in [-0.3, -0.25) is 0 Å². The highest BCUT2D eigenvalue weighted by Gasteiger charge is 2.16. The molecule has 3 nitrogen and oxygen atoms in total. The minimum Gasteiger partial charge on any atom is -0.497 e. The van der Waals surface area contributed by atoms with E-state index in [0.29, 0.717) is 6.42 Å². The van der Waals surface area contributed by atoms with Crippen molar-refractivity contribution in [2.45, 2.75) is 18.6 Å². The van der Waals surface area contributed by atoms with E-state index >= 15 is 0 Å². The topological polar surface area (TPSA) is 49.7 Å². The van der Waals surface area contributed by atoms with Crippen LogP contribution >= 0.6 is 0 Å². The van der Waals surface area contributed by atoms with Crippen LogP contribution in [0.4, 0.5) is 0 Å². The summed E-state index contributed by atoms with van der Waals surface area (Å²) in [7, 11) is 1.63. The fourth-order valence-electron chi connectivity index (χ4n) is 2.06. The molecule has 0 saturated heterocycles. The summed E-state index contributed by atoms with van der Waals surface area (Å²) in [6, 6.07) is 16.8. The molecule has 0 saturated carbocycles. The molecule has 0 spiro atoms. The summed E-state index contributed by atoms with van der Waals surface area (Å²) >= 11 is 0. The van der Waals surface area contributed by atoms with E-state index in [0.717, 1.165) is 16.9 Å². The van der Waals surface area contributed by atoms with E-state index in [2.05, 4.69) is 0 Å². The van der Waals surface area contributed by atoms with Crippen LogP contribution < -0.4 is 4.74 Å². The highest BCUT2D eigenvalue weighted by Crippen LogP contribution is 2.19. The normalized spacial score (nSPS) is 14.0. The lowest BCUT2D eigenvalue weighted by Crippen LogP contribution is -2.17. The SMILES string of the molecule is COc1ccc(/C=C/C[C@H](O)[C@@H](O)c2ccccc2)cc1. The van der Waals surface area contributed by atoms with E-state index in [1.54, 1.807) is 19.2 Å². The van der Waals surface area contributed by atoms with Crippen molar-refractivity contribution in [2.75, 3.05) is 7.11 Å². The highest BCUT2D eigenvalue weighted by molar-refractivity contribution is 5.50. The number of hydrogen-bond donors (Lipinski definition) is 2. The Morgan fingerprint density at radius 3 is 2.29 bits per heavy atom. The molecule has 110 valence electrons. The Labute approximate surface area is 125 Å². The molecule has 0 radical (unpaired) electrons. The van der Waals surface area contributed by atoms with E-state index in [1.165, 1.54) is 0 Å². The molecule has 21 heavy (non-hydrogen) atoms. The minimum absolute atomic E-state index is 0.391. The fourth-order valence-corrected chi connectivity index (χ4v) is 2.06. The first kappa shape index (κ1) is 15.3. The van der Waals surface area contributed by atoms with Crippen LogP contribution in [0.1, 0.15) is 23.7 Å². The molecule has 0 bridgehead atoms. The fraction of sp³-hybridized carbons (Fsp3) is 0.222. The Hall–Kier alpha value is -2.10. The zero-order valence-electron chi connectivity index (χ0n) is 12.0. The summed E-state index contributed by atoms with van der Waals surface area (Å²) in [6.45, 7) is 0. The molecule has 0 amide bonds. The van der Waals surface area contributed by atoms with Gasteiger partial charge >= 0.3 is 0 Å². The van der Waals surface area contributed by atoms with Gasteiger partial charge in [0.2, 0.25) is 0 Å². The average Bonchev–Trinajstić information content (AvgIpc) is 2.55. The molecule has 2 atom stereocenters. The smallest absolute Gasteiger partial charge is 0.118 e. The van der Waals surface area contributed by atoms with Gasteiger partial charge in [-0.1, -0.05) is 54.6 Å². The summed E-state index contributed by atoms with van der Waals surface area (Å²) in [4.78, 5) is 0. The van der Waals surface area contributed by atoms with Crippen LogP contribution in [0.5, 0.6) is 5.75 Å². The average molecular weight is 284 g/mol. The summed E-state index contributed by atoms with van der Waals surface area (Å²) in [5.41, 5.74) is 1.75. The zero-order chi connectivity index (χ0) is 15.1. The predicted molar refractivity (Wildman–Crippen MR) is 84.1 cm³/mol. The molecule has 0 aliphatic rings. The van der Waals surface area contributed by atoms with E-state index in [4.69, 9.17) is 4.74 Å². The van der Waals surface area contributed by atoms with Gasteiger partial charge in [0.25, 0.3) is 0 Å². The van der Waals surface area contributed by atoms with Crippen LogP contribution in [0, 0.1) is 0 Å². The maximum Gasteiger partial charge on any atom is 0.118 e. The summed E-state index contributed by atoms with van der Waals surface area (Å²) in [5, 5.41) is 20.1. The number of hydrogen-bond acceptors (Lipinski definition) is 3. The lowest BCUT2D eigenvalue weighted by atomic mass is 10.0. The van der Waals surface area contributed by atoms with Crippen LogP contribution in [0.25, 0.3) is 6.08 Å². The standard InChI is InChI=1S/C18H20O3/c1-21-16-12-10-14(11-13-16)6-5-9-17(19)18(20)15-7-3-2-4-8-15/h2-8,10-13,17-20H,9H2,1H3/b6-5+/t17-,18-/m0/s1. The Morgan fingerprint density at radius 2 is 1.67 bits per heavy atom. The van der Waals surface area contributed by atoms with Crippen molar-refractivity contribution in [1.82, 2.24) is 0 Å². The van der Waals surface area contributed by atoms with Crippen LogP contribution in [0.15, 0.2) is 60.7 Å². The molecule has 2 aromatic rings. The molecule has 0 fully saturated rings. The van der Waals surface area contributed by atoms with Crippen molar-refractivity contribution in [3.8, 4) is 5.75 Å². The van der Waals surface area contributed by atoms with Crippen LogP contribution in [0.2, 0.25) is 0 Å². The molecule has 2 N–H and O–H groups in total. The van der Waals surface area contributed by atoms with E-state index in [1.807, 2.05) is 54.6 Å². The predicted octanol–water partition coefficient (Wildman–Crippen LogP) is 3.19. The van der Waals surface area contributed by atoms with Gasteiger partial charge in [-0.05, 0) is 29.7 Å². The van der Waals surface area contributed by atoms with Crippen LogP contribution in [-0.2, 0) is 0 Å². The maximum atomic E-state index is 10.1. The molecule has 2 rings (SSSR count). The number of methoxy groups -OCH3 is 1. The minimum atomic E-state index is -0.869. The van der Waals surface area contributed by atoms with Crippen molar-refractivity contribution >= 4 is 6.08 Å². The summed E-state index contributed by atoms with van der Waals surface area (Å²) < 4.78 is 5.10. The second kappa shape index (κ2) is 7.62. The van der Waals surface area contributed by atoms with Gasteiger partial charge < -0.3 is 14.9 Å². The Morgan fingerprint density at radius 1 is 1.00 bits per heavy atom. The van der Waals surface area contributed by atoms with Gasteiger partial charge in [0, 0.05) is 0 Å². The molecule has 0 heterocycles. The molecule has 0 unspecified atom stereocenters. The van der Waals surface area contributed by atoms with Crippen molar-refractivity contribution < 1.29 is 14.9 Å². The molecule has 0 aliphatic heterocycles. The molecule has 2 aromatic carbocycles. The van der Waals surface area contributed by atoms with Crippen LogP contribution in [0.3, 0.4) is 0 Å². The van der Waals surface area contributed by atoms with Crippen LogP contribution in [-0.4, -0.2) is 23.4 Å². The van der Waals surface area contributed by atoms with Gasteiger partial charge in [-0.15, -0.1) is 0 Å². The number of benzene rings is 2. The third-order valence-corrected chi connectivity index (χ3v) is 3.31. The van der Waals surface area contributed by atoms with Crippen molar-refractivity contribution in [3.05, 3.63) is 71.8 Å². The number of rotatable bonds is 6. The molecule has 0 aromatic heterocycles. The van der Waals surface area contributed by atoms with E-state index < -0.39 is 12.2 Å². The monoisotopic (exact) mass is 284 g/mol.